The van der Waals surface area contributed by atoms with Crippen LogP contribution in [-0.4, -0.2) is 13.1 Å². The van der Waals surface area contributed by atoms with Crippen LogP contribution in [0.2, 0.25) is 0 Å². The Morgan fingerprint density at radius 1 is 1.27 bits per heavy atom. The van der Waals surface area contributed by atoms with E-state index in [2.05, 4.69) is 23.2 Å². The van der Waals surface area contributed by atoms with Crippen LogP contribution in [0.5, 0.6) is 0 Å². The van der Waals surface area contributed by atoms with Crippen molar-refractivity contribution in [3.8, 4) is 24.3 Å². The highest BCUT2D eigenvalue weighted by Crippen LogP contribution is 1.82. The Kier molecular flexibility index (Phi) is 7.98. The van der Waals surface area contributed by atoms with Gasteiger partial charge in [-0.25, -0.2) is 0 Å². The predicted molar refractivity (Wildman–Crippen MR) is 46.4 cm³/mol. The van der Waals surface area contributed by atoms with Gasteiger partial charge in [-0.2, -0.15) is 0 Å². The molecule has 0 spiro atoms. The molecule has 1 radical (unpaired) electrons. The number of rotatable bonds is 5. The molecule has 0 aromatic carbocycles. The van der Waals surface area contributed by atoms with E-state index in [4.69, 9.17) is 12.2 Å². The third-order valence-electron chi connectivity index (χ3n) is 1.19. The smallest absolute Gasteiger partial charge is 0.0255 e. The van der Waals surface area contributed by atoms with E-state index in [0.29, 0.717) is 0 Å². The van der Waals surface area contributed by atoms with Gasteiger partial charge in [0.25, 0.3) is 0 Å². The minimum Gasteiger partial charge on any atom is -0.316 e. The van der Waals surface area contributed by atoms with E-state index in [0.717, 1.165) is 32.4 Å². The summed E-state index contributed by atoms with van der Waals surface area (Å²) < 4.78 is 0. The summed E-state index contributed by atoms with van der Waals surface area (Å²) in [6.45, 7) is 1.82. The van der Waals surface area contributed by atoms with Gasteiger partial charge in [0, 0.05) is 25.4 Å². The monoisotopic (exact) mass is 149 g/mol. The molecule has 2 nitrogen and oxygen atoms in total. The molecule has 0 unspecified atom stereocenters. The number of terminal acetylenes is 1. The Morgan fingerprint density at radius 3 is 2.73 bits per heavy atom. The molecule has 0 rings (SSSR count). The molecule has 2 heteroatoms. The van der Waals surface area contributed by atoms with Crippen LogP contribution in [0, 0.1) is 24.3 Å². The molecule has 0 aliphatic heterocycles. The molecule has 0 aromatic rings. The van der Waals surface area contributed by atoms with Crippen molar-refractivity contribution in [1.29, 1.82) is 0 Å². The van der Waals surface area contributed by atoms with Crippen LogP contribution in [0.15, 0.2) is 0 Å². The van der Waals surface area contributed by atoms with E-state index in [-0.39, 0.29) is 0 Å². The molecule has 59 valence electrons. The molecule has 0 heterocycles. The van der Waals surface area contributed by atoms with Crippen molar-refractivity contribution < 1.29 is 0 Å². The fraction of sp³-hybridized carbons (Fsp3) is 0.556. The maximum Gasteiger partial charge on any atom is 0.0255 e. The van der Waals surface area contributed by atoms with Gasteiger partial charge in [-0.05, 0) is 13.0 Å². The lowest BCUT2D eigenvalue weighted by atomic mass is 10.3. The van der Waals surface area contributed by atoms with E-state index in [1.54, 1.807) is 0 Å². The molecule has 0 fully saturated rings. The predicted octanol–water partition coefficient (Wildman–Crippen LogP) is 0.623. The summed E-state index contributed by atoms with van der Waals surface area (Å²) in [7, 11) is 0. The Bertz CT molecular complexity index is 168. The van der Waals surface area contributed by atoms with Gasteiger partial charge in [0.05, 0.1) is 0 Å². The van der Waals surface area contributed by atoms with E-state index < -0.39 is 0 Å². The lowest BCUT2D eigenvalue weighted by Crippen LogP contribution is -2.15. The number of hydrogen-bond acceptors (Lipinski definition) is 1. The maximum atomic E-state index is 6.54. The first-order chi connectivity index (χ1) is 5.41. The molecular formula is C9H13N2. The van der Waals surface area contributed by atoms with Crippen molar-refractivity contribution in [3.63, 3.8) is 0 Å². The van der Waals surface area contributed by atoms with Crippen molar-refractivity contribution in [2.75, 3.05) is 13.1 Å². The molecule has 0 aromatic heterocycles. The zero-order valence-electron chi connectivity index (χ0n) is 6.61. The Morgan fingerprint density at radius 2 is 2.09 bits per heavy atom. The highest BCUT2D eigenvalue weighted by Gasteiger charge is 1.83. The maximum absolute atomic E-state index is 6.54. The summed E-state index contributed by atoms with van der Waals surface area (Å²) in [6, 6.07) is 2.11. The molecule has 0 atom stereocenters. The van der Waals surface area contributed by atoms with Crippen LogP contribution in [0.4, 0.5) is 0 Å². The lowest BCUT2D eigenvalue weighted by molar-refractivity contribution is 0.666. The zero-order valence-corrected chi connectivity index (χ0v) is 6.61. The Hall–Kier alpha value is -1.12. The van der Waals surface area contributed by atoms with Crippen molar-refractivity contribution >= 4 is 0 Å². The minimum absolute atomic E-state index is 0.782. The first kappa shape index (κ1) is 9.88. The normalized spacial score (nSPS) is 7.91. The van der Waals surface area contributed by atoms with Gasteiger partial charge in [-0.15, -0.1) is 12.3 Å². The van der Waals surface area contributed by atoms with E-state index in [1.165, 1.54) is 0 Å². The molecule has 11 heavy (non-hydrogen) atoms. The van der Waals surface area contributed by atoms with Crippen LogP contribution < -0.4 is 11.1 Å². The minimum atomic E-state index is 0.782. The fourth-order valence-electron chi connectivity index (χ4n) is 0.650. The van der Waals surface area contributed by atoms with Gasteiger partial charge in [0.2, 0.25) is 0 Å². The quantitative estimate of drug-likeness (QED) is 0.451. The first-order valence-corrected chi connectivity index (χ1v) is 3.70. The van der Waals surface area contributed by atoms with E-state index >= 15 is 0 Å². The summed E-state index contributed by atoms with van der Waals surface area (Å²) in [4.78, 5) is 0. The van der Waals surface area contributed by atoms with Gasteiger partial charge in [0.1, 0.15) is 0 Å². The fourth-order valence-corrected chi connectivity index (χ4v) is 0.650. The average molecular weight is 149 g/mol. The highest BCUT2D eigenvalue weighted by atomic mass is 14.8. The van der Waals surface area contributed by atoms with Crippen LogP contribution in [0.25, 0.3) is 0 Å². The molecule has 0 amide bonds. The molecule has 0 aliphatic rings. The molecule has 0 aliphatic carbocycles. The average Bonchev–Trinajstić information content (AvgIpc) is 2.03. The van der Waals surface area contributed by atoms with E-state index in [1.807, 2.05) is 0 Å². The lowest BCUT2D eigenvalue weighted by Gasteiger charge is -1.97. The number of hydrogen-bond donors (Lipinski definition) is 1. The van der Waals surface area contributed by atoms with Gasteiger partial charge in [-0.3, -0.25) is 5.73 Å². The molecule has 0 saturated carbocycles. The first-order valence-electron chi connectivity index (χ1n) is 3.70. The summed E-state index contributed by atoms with van der Waals surface area (Å²) in [5.74, 6) is 5.22. The van der Waals surface area contributed by atoms with Crippen molar-refractivity contribution in [1.82, 2.24) is 11.1 Å². The van der Waals surface area contributed by atoms with Gasteiger partial charge in [0.15, 0.2) is 0 Å². The second-order valence-electron chi connectivity index (χ2n) is 2.11. The number of unbranched alkanes of at least 4 members (excludes halogenated alkanes) is 1. The zero-order chi connectivity index (χ0) is 8.36. The second kappa shape index (κ2) is 8.88. The summed E-state index contributed by atoms with van der Waals surface area (Å²) in [5.41, 5.74) is 6.54. The van der Waals surface area contributed by atoms with Crippen molar-refractivity contribution in [2.45, 2.75) is 19.3 Å². The topological polar surface area (TPSA) is 35.8 Å². The molecular weight excluding hydrogens is 136 g/mol. The largest absolute Gasteiger partial charge is 0.316 e. The van der Waals surface area contributed by atoms with Gasteiger partial charge >= 0.3 is 0 Å². The standard InChI is InChI=1S/C9H13N2/c1-2-3-8-11-9-6-4-5-7-10/h1,10-11H,3-4,6,8-9H2. The van der Waals surface area contributed by atoms with Crippen LogP contribution in [-0.2, 0) is 0 Å². The number of nitrogens with one attached hydrogen (secondary N) is 2. The van der Waals surface area contributed by atoms with Crippen LogP contribution in [0.1, 0.15) is 19.3 Å². The molecule has 2 N–H and O–H groups in total. The Labute approximate surface area is 68.5 Å². The van der Waals surface area contributed by atoms with Crippen LogP contribution in [0.3, 0.4) is 0 Å². The van der Waals surface area contributed by atoms with Gasteiger partial charge < -0.3 is 5.32 Å². The SMILES string of the molecule is C#CCCNCCCC#C[NH]. The summed E-state index contributed by atoms with van der Waals surface area (Å²) in [5, 5.41) is 3.17. The van der Waals surface area contributed by atoms with Gasteiger partial charge in [-0.1, -0.05) is 5.92 Å². The summed E-state index contributed by atoms with van der Waals surface area (Å²) >= 11 is 0. The molecule has 0 saturated heterocycles. The summed E-state index contributed by atoms with van der Waals surface area (Å²) in [6.07, 6.45) is 7.63. The third kappa shape index (κ3) is 8.88. The molecule has 0 bridgehead atoms. The van der Waals surface area contributed by atoms with Crippen molar-refractivity contribution in [3.05, 3.63) is 0 Å². The highest BCUT2D eigenvalue weighted by molar-refractivity contribution is 4.92. The second-order valence-corrected chi connectivity index (χ2v) is 2.11. The van der Waals surface area contributed by atoms with E-state index in [9.17, 15) is 0 Å². The van der Waals surface area contributed by atoms with Crippen LogP contribution >= 0.6 is 0 Å². The third-order valence-corrected chi connectivity index (χ3v) is 1.19. The Balaban J connectivity index is 2.90. The van der Waals surface area contributed by atoms with Crippen molar-refractivity contribution in [2.24, 2.45) is 0 Å².